The molecule has 1 aromatic carbocycles. The summed E-state index contributed by atoms with van der Waals surface area (Å²) in [6.45, 7) is 4.36. The molecule has 0 fully saturated rings. The van der Waals surface area contributed by atoms with Gasteiger partial charge in [0.05, 0.1) is 5.56 Å². The Bertz CT molecular complexity index is 371. The van der Waals surface area contributed by atoms with Crippen molar-refractivity contribution in [2.75, 3.05) is 0 Å². The minimum absolute atomic E-state index is 0.874. The molecule has 1 unspecified atom stereocenters. The van der Waals surface area contributed by atoms with Crippen molar-refractivity contribution in [2.45, 2.75) is 26.7 Å². The fourth-order valence-corrected chi connectivity index (χ4v) is 0.853. The van der Waals surface area contributed by atoms with E-state index in [0.29, 0.717) is 0 Å². The van der Waals surface area contributed by atoms with E-state index in [1.807, 2.05) is 30.3 Å². The fourth-order valence-electron chi connectivity index (χ4n) is 0.721. The Morgan fingerprint density at radius 2 is 1.88 bits per heavy atom. The Labute approximate surface area is 103 Å². The molecule has 0 spiro atoms. The molecule has 0 saturated heterocycles. The van der Waals surface area contributed by atoms with Crippen LogP contribution in [0.3, 0.4) is 0 Å². The second-order valence-electron chi connectivity index (χ2n) is 3.12. The molecule has 0 saturated carbocycles. The molecule has 5 heteroatoms. The predicted molar refractivity (Wildman–Crippen MR) is 69.1 cm³/mol. The minimum Gasteiger partial charge on any atom is -0.558 e. The van der Waals surface area contributed by atoms with Gasteiger partial charge in [-0.2, -0.15) is 4.52 Å². The molecule has 92 valence electrons. The van der Waals surface area contributed by atoms with Crippen LogP contribution in [0.5, 0.6) is 0 Å². The molecule has 0 heterocycles. The number of rotatable bonds is 4. The topological polar surface area (TPSA) is 63.5 Å². The zero-order chi connectivity index (χ0) is 12.9. The summed E-state index contributed by atoms with van der Waals surface area (Å²) in [5.74, 6) is 0. The summed E-state index contributed by atoms with van der Waals surface area (Å²) < 4.78 is 17.6. The van der Waals surface area contributed by atoms with Crippen molar-refractivity contribution in [3.8, 4) is 0 Å². The van der Waals surface area contributed by atoms with Gasteiger partial charge < -0.3 is 4.89 Å². The normalized spacial score (nSPS) is 9.24. The summed E-state index contributed by atoms with van der Waals surface area (Å²) >= 11 is 0. The molecule has 17 heavy (non-hydrogen) atoms. The van der Waals surface area contributed by atoms with Crippen LogP contribution < -0.4 is 9.56 Å². The molecule has 1 rings (SSSR count). The lowest BCUT2D eigenvalue weighted by molar-refractivity contribution is -0.179. The quantitative estimate of drug-likeness (QED) is 0.357. The van der Waals surface area contributed by atoms with E-state index in [1.54, 1.807) is 0 Å². The maximum atomic E-state index is 9.92. The van der Waals surface area contributed by atoms with E-state index in [-0.39, 0.29) is 0 Å². The van der Waals surface area contributed by atoms with Gasteiger partial charge in [0.2, 0.25) is 0 Å². The third-order valence-corrected chi connectivity index (χ3v) is 1.98. The van der Waals surface area contributed by atoms with E-state index in [2.05, 4.69) is 23.0 Å². The average molecular weight is 254 g/mol. The van der Waals surface area contributed by atoms with Gasteiger partial charge in [0.1, 0.15) is 0 Å². The van der Waals surface area contributed by atoms with E-state index < -0.39 is 8.25 Å². The first-order chi connectivity index (χ1) is 8.20. The standard InChI is InChI=1S/C8H7NO3P.C4H10/c10-13(11)12-7-9-6-8-4-2-1-3-5-8;1-3-4-2/h1-7H;3-4H2,1-2H3/q+1;. The lowest BCUT2D eigenvalue weighted by Crippen LogP contribution is -1.92. The number of nitrogens with zero attached hydrogens (tertiary/aromatic N) is 1. The van der Waals surface area contributed by atoms with Crippen LogP contribution in [0.25, 0.3) is 0 Å². The van der Waals surface area contributed by atoms with Gasteiger partial charge in [0, 0.05) is 0 Å². The van der Waals surface area contributed by atoms with Crippen LogP contribution in [0.15, 0.2) is 30.3 Å². The third kappa shape index (κ3) is 10.8. The molecule has 0 bridgehead atoms. The van der Waals surface area contributed by atoms with Gasteiger partial charge in [-0.25, -0.2) is 0 Å². The van der Waals surface area contributed by atoms with E-state index in [0.717, 1.165) is 12.0 Å². The number of unbranched alkanes of at least 4 members (excludes halogenated alkanes) is 1. The van der Waals surface area contributed by atoms with Crippen molar-refractivity contribution in [3.05, 3.63) is 35.9 Å². The van der Waals surface area contributed by atoms with Gasteiger partial charge in [0.15, 0.2) is 0 Å². The van der Waals surface area contributed by atoms with Crippen LogP contribution in [0.4, 0.5) is 0 Å². The van der Waals surface area contributed by atoms with Crippen LogP contribution >= 0.6 is 8.25 Å². The SMILES string of the molecule is CCCC.O=[P+]([O-])OC=[N+]=Cc1ccccc1. The lowest BCUT2D eigenvalue weighted by Gasteiger charge is -1.79. The van der Waals surface area contributed by atoms with Crippen molar-refractivity contribution in [1.82, 2.24) is 4.67 Å². The molecule has 0 aliphatic carbocycles. The maximum Gasteiger partial charge on any atom is 0.545 e. The summed E-state index contributed by atoms with van der Waals surface area (Å²) in [5.41, 5.74) is 0.878. The van der Waals surface area contributed by atoms with Crippen LogP contribution in [0.1, 0.15) is 32.3 Å². The fraction of sp³-hybridized carbons (Fsp3) is 0.333. The van der Waals surface area contributed by atoms with Crippen molar-refractivity contribution in [2.24, 2.45) is 0 Å². The summed E-state index contributed by atoms with van der Waals surface area (Å²) in [6, 6.07) is 9.28. The molecule has 1 atom stereocenters. The van der Waals surface area contributed by atoms with E-state index in [1.165, 1.54) is 19.1 Å². The zero-order valence-corrected chi connectivity index (χ0v) is 11.0. The molecule has 0 amide bonds. The molecule has 0 aliphatic heterocycles. The highest BCUT2D eigenvalue weighted by atomic mass is 31.1. The summed E-state index contributed by atoms with van der Waals surface area (Å²) in [5, 5.41) is 0. The zero-order valence-electron chi connectivity index (χ0n) is 10.1. The monoisotopic (exact) mass is 254 g/mol. The second kappa shape index (κ2) is 11.0. The molecule has 0 radical (unpaired) electrons. The third-order valence-electron chi connectivity index (χ3n) is 1.72. The highest BCUT2D eigenvalue weighted by molar-refractivity contribution is 7.31. The molecule has 4 nitrogen and oxygen atoms in total. The summed E-state index contributed by atoms with van der Waals surface area (Å²) in [6.07, 6.45) is 5.01. The Balaban J connectivity index is 0.000000557. The first-order valence-corrected chi connectivity index (χ1v) is 6.51. The van der Waals surface area contributed by atoms with Gasteiger partial charge in [0.25, 0.3) is 0 Å². The number of hydrogen-bond acceptors (Lipinski definition) is 3. The first-order valence-electron chi connectivity index (χ1n) is 5.41. The minimum atomic E-state index is -2.85. The highest BCUT2D eigenvalue weighted by Crippen LogP contribution is 2.03. The summed E-state index contributed by atoms with van der Waals surface area (Å²) in [4.78, 5) is 9.92. The van der Waals surface area contributed by atoms with Crippen LogP contribution in [-0.2, 0) is 9.09 Å². The molecule has 0 aromatic heterocycles. The van der Waals surface area contributed by atoms with E-state index in [9.17, 15) is 9.46 Å². The maximum absolute atomic E-state index is 9.92. The van der Waals surface area contributed by atoms with Gasteiger partial charge in [-0.15, -0.1) is 0 Å². The Kier molecular flexibility index (Phi) is 10.1. The second-order valence-corrected chi connectivity index (χ2v) is 3.78. The number of benzene rings is 1. The van der Waals surface area contributed by atoms with Crippen molar-refractivity contribution < 1.29 is 14.0 Å². The molecular formula is C12H17NO3P+. The molecule has 0 aliphatic rings. The molecule has 1 aromatic rings. The van der Waals surface area contributed by atoms with Crippen molar-refractivity contribution in [1.29, 1.82) is 0 Å². The largest absolute Gasteiger partial charge is 0.558 e. The van der Waals surface area contributed by atoms with Crippen LogP contribution in [0.2, 0.25) is 0 Å². The Morgan fingerprint density at radius 3 is 2.35 bits per heavy atom. The van der Waals surface area contributed by atoms with Gasteiger partial charge in [-0.3, -0.25) is 0 Å². The van der Waals surface area contributed by atoms with Crippen molar-refractivity contribution in [3.63, 3.8) is 0 Å². The van der Waals surface area contributed by atoms with Crippen LogP contribution in [0, 0.1) is 0 Å². The summed E-state index contributed by atoms with van der Waals surface area (Å²) in [7, 11) is -2.85. The van der Waals surface area contributed by atoms with Gasteiger partial charge >= 0.3 is 20.9 Å². The molecule has 0 N–H and O–H groups in total. The van der Waals surface area contributed by atoms with Gasteiger partial charge in [-0.05, 0) is 16.7 Å². The van der Waals surface area contributed by atoms with Gasteiger partial charge in [-0.1, -0.05) is 49.6 Å². The van der Waals surface area contributed by atoms with E-state index in [4.69, 9.17) is 0 Å². The number of hydrogen-bond donors (Lipinski definition) is 0. The first kappa shape index (κ1) is 15.5. The predicted octanol–water partition coefficient (Wildman–Crippen LogP) is 2.04. The Hall–Kier alpha value is -1.47. The van der Waals surface area contributed by atoms with E-state index >= 15 is 0 Å². The smallest absolute Gasteiger partial charge is 0.545 e. The lowest BCUT2D eigenvalue weighted by atomic mass is 10.2. The highest BCUT2D eigenvalue weighted by Gasteiger charge is 1.99. The van der Waals surface area contributed by atoms with Crippen molar-refractivity contribution >= 4 is 20.9 Å². The average Bonchev–Trinajstić information content (AvgIpc) is 2.36. The Morgan fingerprint density at radius 1 is 1.29 bits per heavy atom. The van der Waals surface area contributed by atoms with Crippen LogP contribution in [-0.4, -0.2) is 12.6 Å². The molecular weight excluding hydrogens is 237 g/mol.